The summed E-state index contributed by atoms with van der Waals surface area (Å²) in [6.07, 6.45) is 1.03. The summed E-state index contributed by atoms with van der Waals surface area (Å²) < 4.78 is 30.9. The van der Waals surface area contributed by atoms with E-state index in [4.69, 9.17) is 27.9 Å². The number of carbonyl (C=O) groups is 1. The Kier molecular flexibility index (Phi) is 7.20. The van der Waals surface area contributed by atoms with Crippen LogP contribution in [0, 0.1) is 0 Å². The van der Waals surface area contributed by atoms with Gasteiger partial charge in [0.05, 0.1) is 25.1 Å². The van der Waals surface area contributed by atoms with E-state index in [9.17, 15) is 13.2 Å². The molecule has 0 unspecified atom stereocenters. The molecule has 2 rings (SSSR count). The third-order valence-corrected chi connectivity index (χ3v) is 5.84. The molecule has 0 bridgehead atoms. The molecule has 28 heavy (non-hydrogen) atoms. The van der Waals surface area contributed by atoms with Crippen LogP contribution in [-0.4, -0.2) is 33.7 Å². The first-order valence-electron chi connectivity index (χ1n) is 8.42. The number of carbonyl (C=O) groups excluding carboxylic acids is 1. The monoisotopic (exact) mass is 444 g/mol. The van der Waals surface area contributed by atoms with Crippen molar-refractivity contribution in [1.82, 2.24) is 5.32 Å². The second-order valence-electron chi connectivity index (χ2n) is 6.37. The Hall–Kier alpha value is -1.96. The van der Waals surface area contributed by atoms with Crippen molar-refractivity contribution in [1.29, 1.82) is 0 Å². The highest BCUT2D eigenvalue weighted by Gasteiger charge is 2.30. The fraction of sp³-hybridized carbons (Fsp3) is 0.316. The van der Waals surface area contributed by atoms with E-state index < -0.39 is 22.0 Å². The van der Waals surface area contributed by atoms with Crippen molar-refractivity contribution < 1.29 is 17.9 Å². The molecule has 0 fully saturated rings. The number of methoxy groups -OCH3 is 1. The normalized spacial score (nSPS) is 13.5. The van der Waals surface area contributed by atoms with E-state index >= 15 is 0 Å². The molecule has 0 spiro atoms. The fourth-order valence-corrected chi connectivity index (χ4v) is 4.46. The zero-order chi connectivity index (χ0) is 21.1. The third kappa shape index (κ3) is 5.53. The molecular weight excluding hydrogens is 423 g/mol. The third-order valence-electron chi connectivity index (χ3n) is 4.16. The largest absolute Gasteiger partial charge is 0.497 e. The summed E-state index contributed by atoms with van der Waals surface area (Å²) in [6, 6.07) is 10.3. The molecule has 2 aromatic carbocycles. The van der Waals surface area contributed by atoms with Crippen molar-refractivity contribution in [2.75, 3.05) is 17.7 Å². The van der Waals surface area contributed by atoms with Crippen LogP contribution < -0.4 is 14.4 Å². The van der Waals surface area contributed by atoms with Gasteiger partial charge < -0.3 is 10.1 Å². The summed E-state index contributed by atoms with van der Waals surface area (Å²) in [5.41, 5.74) is 1.08. The molecule has 0 radical (unpaired) electrons. The Morgan fingerprint density at radius 3 is 2.07 bits per heavy atom. The number of amides is 1. The average Bonchev–Trinajstić information content (AvgIpc) is 2.59. The molecule has 2 atom stereocenters. The van der Waals surface area contributed by atoms with Gasteiger partial charge in [0.1, 0.15) is 11.8 Å². The molecule has 0 aliphatic carbocycles. The molecule has 0 saturated carbocycles. The topological polar surface area (TPSA) is 75.7 Å². The first-order chi connectivity index (χ1) is 13.0. The van der Waals surface area contributed by atoms with Gasteiger partial charge in [-0.15, -0.1) is 0 Å². The number of hydrogen-bond acceptors (Lipinski definition) is 4. The first-order valence-corrected chi connectivity index (χ1v) is 11.0. The molecule has 0 aliphatic rings. The van der Waals surface area contributed by atoms with Crippen LogP contribution in [0.5, 0.6) is 5.75 Å². The summed E-state index contributed by atoms with van der Waals surface area (Å²) in [7, 11) is -2.19. The zero-order valence-electron chi connectivity index (χ0n) is 15.9. The van der Waals surface area contributed by atoms with Crippen LogP contribution >= 0.6 is 23.2 Å². The fourth-order valence-electron chi connectivity index (χ4n) is 2.79. The van der Waals surface area contributed by atoms with Crippen molar-refractivity contribution in [2.24, 2.45) is 0 Å². The van der Waals surface area contributed by atoms with E-state index in [1.165, 1.54) is 25.1 Å². The summed E-state index contributed by atoms with van der Waals surface area (Å²) >= 11 is 12.0. The van der Waals surface area contributed by atoms with Crippen molar-refractivity contribution in [3.63, 3.8) is 0 Å². The highest BCUT2D eigenvalue weighted by atomic mass is 35.5. The van der Waals surface area contributed by atoms with Crippen molar-refractivity contribution in [2.45, 2.75) is 25.9 Å². The molecule has 1 N–H and O–H groups in total. The summed E-state index contributed by atoms with van der Waals surface area (Å²) in [5.74, 6) is 0.251. The van der Waals surface area contributed by atoms with Gasteiger partial charge in [-0.1, -0.05) is 35.3 Å². The summed E-state index contributed by atoms with van der Waals surface area (Å²) in [4.78, 5) is 12.8. The van der Waals surface area contributed by atoms with Crippen molar-refractivity contribution >= 4 is 44.8 Å². The van der Waals surface area contributed by atoms with Crippen LogP contribution in [0.2, 0.25) is 10.0 Å². The van der Waals surface area contributed by atoms with Gasteiger partial charge in [0.2, 0.25) is 15.9 Å². The Labute approximate surface area is 175 Å². The zero-order valence-corrected chi connectivity index (χ0v) is 18.3. The number of nitrogens with zero attached hydrogens (tertiary/aromatic N) is 1. The standard InChI is InChI=1S/C19H22Cl2N2O4S/c1-12(14-5-7-18(27-3)8-6-14)22-19(24)13(2)23(28(4,25)26)17-10-15(20)9-16(21)11-17/h5-13H,1-4H3,(H,22,24)/t12-,13+/m1/s1. The molecular formula is C19H22Cl2N2O4S. The van der Waals surface area contributed by atoms with Gasteiger partial charge in [0.15, 0.2) is 0 Å². The molecule has 152 valence electrons. The average molecular weight is 445 g/mol. The predicted octanol–water partition coefficient (Wildman–Crippen LogP) is 4.03. The maximum atomic E-state index is 12.8. The van der Waals surface area contributed by atoms with E-state index in [1.54, 1.807) is 19.2 Å². The highest BCUT2D eigenvalue weighted by Crippen LogP contribution is 2.29. The minimum absolute atomic E-state index is 0.222. The molecule has 9 heteroatoms. The van der Waals surface area contributed by atoms with Crippen molar-refractivity contribution in [3.8, 4) is 5.75 Å². The predicted molar refractivity (Wildman–Crippen MR) is 113 cm³/mol. The van der Waals surface area contributed by atoms with E-state index in [2.05, 4.69) is 5.32 Å². The van der Waals surface area contributed by atoms with Gasteiger partial charge in [-0.05, 0) is 49.7 Å². The van der Waals surface area contributed by atoms with Gasteiger partial charge >= 0.3 is 0 Å². The van der Waals surface area contributed by atoms with Gasteiger partial charge in [-0.3, -0.25) is 9.10 Å². The van der Waals surface area contributed by atoms with Crippen LogP contribution in [0.3, 0.4) is 0 Å². The molecule has 0 aliphatic heterocycles. The Morgan fingerprint density at radius 1 is 1.07 bits per heavy atom. The number of halogens is 2. The minimum atomic E-state index is -3.77. The number of hydrogen-bond donors (Lipinski definition) is 1. The van der Waals surface area contributed by atoms with Gasteiger partial charge in [-0.2, -0.15) is 0 Å². The van der Waals surface area contributed by atoms with E-state index in [-0.39, 0.29) is 21.8 Å². The van der Waals surface area contributed by atoms with Crippen LogP contribution in [0.1, 0.15) is 25.5 Å². The lowest BCUT2D eigenvalue weighted by Crippen LogP contribution is -2.48. The molecule has 0 aromatic heterocycles. The first kappa shape index (κ1) is 22.3. The number of ether oxygens (including phenoxy) is 1. The highest BCUT2D eigenvalue weighted by molar-refractivity contribution is 7.92. The maximum absolute atomic E-state index is 12.8. The smallest absolute Gasteiger partial charge is 0.244 e. The SMILES string of the molecule is COc1ccc([C@@H](C)NC(=O)[C@H](C)N(c2cc(Cl)cc(Cl)c2)S(C)(=O)=O)cc1. The molecule has 0 heterocycles. The summed E-state index contributed by atoms with van der Waals surface area (Å²) in [5, 5.41) is 3.38. The number of benzene rings is 2. The molecule has 6 nitrogen and oxygen atoms in total. The van der Waals surface area contributed by atoms with E-state index in [0.29, 0.717) is 5.75 Å². The maximum Gasteiger partial charge on any atom is 0.244 e. The number of nitrogens with one attached hydrogen (secondary N) is 1. The lowest BCUT2D eigenvalue weighted by molar-refractivity contribution is -0.122. The van der Waals surface area contributed by atoms with Gasteiger partial charge in [0, 0.05) is 10.0 Å². The minimum Gasteiger partial charge on any atom is -0.497 e. The van der Waals surface area contributed by atoms with Crippen molar-refractivity contribution in [3.05, 3.63) is 58.1 Å². The Morgan fingerprint density at radius 2 is 1.61 bits per heavy atom. The van der Waals surface area contributed by atoms with Gasteiger partial charge in [-0.25, -0.2) is 8.42 Å². The molecule has 1 amide bonds. The van der Waals surface area contributed by atoms with E-state index in [1.807, 2.05) is 19.1 Å². The van der Waals surface area contributed by atoms with E-state index in [0.717, 1.165) is 16.1 Å². The second kappa shape index (κ2) is 9.03. The van der Waals surface area contributed by atoms with Crippen LogP contribution in [0.25, 0.3) is 0 Å². The van der Waals surface area contributed by atoms with Crippen LogP contribution in [-0.2, 0) is 14.8 Å². The quantitative estimate of drug-likeness (QED) is 0.698. The molecule has 2 aromatic rings. The second-order valence-corrected chi connectivity index (χ2v) is 9.10. The lowest BCUT2D eigenvalue weighted by atomic mass is 10.1. The van der Waals surface area contributed by atoms with Crippen LogP contribution in [0.15, 0.2) is 42.5 Å². The number of anilines is 1. The Balaban J connectivity index is 2.25. The number of sulfonamides is 1. The molecule has 0 saturated heterocycles. The summed E-state index contributed by atoms with van der Waals surface area (Å²) in [6.45, 7) is 3.32. The van der Waals surface area contributed by atoms with Crippen LogP contribution in [0.4, 0.5) is 5.69 Å². The Bertz CT molecular complexity index is 929. The number of rotatable bonds is 7. The van der Waals surface area contributed by atoms with Gasteiger partial charge in [0.25, 0.3) is 0 Å². The lowest BCUT2D eigenvalue weighted by Gasteiger charge is -2.29.